The third-order valence-corrected chi connectivity index (χ3v) is 6.19. The summed E-state index contributed by atoms with van der Waals surface area (Å²) in [7, 11) is 0.479. The molecule has 1 aliphatic heterocycles. The molecule has 0 bridgehead atoms. The number of rotatable bonds is 1. The van der Waals surface area contributed by atoms with Gasteiger partial charge in [0.25, 0.3) is 0 Å². The molecule has 0 fully saturated rings. The molecule has 4 nitrogen and oxygen atoms in total. The fourth-order valence-corrected chi connectivity index (χ4v) is 4.50. The first-order valence-electron chi connectivity index (χ1n) is 5.49. The number of hydrogen-bond donors (Lipinski definition) is 0. The molecule has 6 heteroatoms. The largest absolute Gasteiger partial charge is 0.497 e. The minimum absolute atomic E-state index is 0.455. The number of fused-ring (bicyclic) bond motifs is 3. The van der Waals surface area contributed by atoms with E-state index in [9.17, 15) is 4.21 Å². The van der Waals surface area contributed by atoms with Crippen LogP contribution in [-0.4, -0.2) is 20.9 Å². The maximum atomic E-state index is 12.7. The molecule has 1 atom stereocenters. The normalized spacial score (nSPS) is 20.1. The van der Waals surface area contributed by atoms with Crippen LogP contribution in [0.2, 0.25) is 0 Å². The van der Waals surface area contributed by atoms with E-state index in [1.807, 2.05) is 32.0 Å². The number of hydrogen-bond acceptors (Lipinski definition) is 5. The van der Waals surface area contributed by atoms with E-state index in [1.54, 1.807) is 7.11 Å². The molecule has 0 radical (unpaired) electrons. The quantitative estimate of drug-likeness (QED) is 0.805. The van der Waals surface area contributed by atoms with Crippen LogP contribution >= 0.6 is 11.5 Å². The van der Waals surface area contributed by atoms with Gasteiger partial charge in [0, 0.05) is 5.56 Å². The Morgan fingerprint density at radius 1 is 1.39 bits per heavy atom. The van der Waals surface area contributed by atoms with Crippen molar-refractivity contribution in [3.63, 3.8) is 0 Å². The molecule has 2 aromatic rings. The number of nitrogens with zero attached hydrogens (tertiary/aromatic N) is 2. The van der Waals surface area contributed by atoms with Gasteiger partial charge in [0.1, 0.15) is 11.4 Å². The van der Waals surface area contributed by atoms with Crippen LogP contribution in [0, 0.1) is 0 Å². The van der Waals surface area contributed by atoms with Crippen molar-refractivity contribution in [2.45, 2.75) is 23.5 Å². The standard InChI is InChI=1S/C12H12N2O2S2/c1-12(2)11-10(13-14-17-11)8-5-4-7(16-3)6-9(8)18(12)15/h4-6H,1-3H3. The Kier molecular flexibility index (Phi) is 2.53. The summed E-state index contributed by atoms with van der Waals surface area (Å²) in [5.74, 6) is 0.713. The Bertz CT molecular complexity index is 649. The molecule has 0 saturated heterocycles. The lowest BCUT2D eigenvalue weighted by atomic mass is 10.0. The van der Waals surface area contributed by atoms with Crippen LogP contribution in [-0.2, 0) is 15.5 Å². The number of methoxy groups -OCH3 is 1. The highest BCUT2D eigenvalue weighted by Gasteiger charge is 2.40. The summed E-state index contributed by atoms with van der Waals surface area (Å²) in [6.45, 7) is 3.93. The molecule has 0 amide bonds. The molecular weight excluding hydrogens is 268 g/mol. The van der Waals surface area contributed by atoms with Gasteiger partial charge in [-0.2, -0.15) is 0 Å². The van der Waals surface area contributed by atoms with Crippen LogP contribution in [0.3, 0.4) is 0 Å². The molecular formula is C12H12N2O2S2. The molecule has 0 spiro atoms. The number of benzene rings is 1. The van der Waals surface area contributed by atoms with Gasteiger partial charge in [-0.05, 0) is 43.6 Å². The molecule has 18 heavy (non-hydrogen) atoms. The van der Waals surface area contributed by atoms with Gasteiger partial charge >= 0.3 is 0 Å². The molecule has 3 rings (SSSR count). The lowest BCUT2D eigenvalue weighted by Gasteiger charge is -2.28. The van der Waals surface area contributed by atoms with Crippen LogP contribution in [0.1, 0.15) is 18.7 Å². The predicted octanol–water partition coefficient (Wildman–Crippen LogP) is 2.57. The van der Waals surface area contributed by atoms with E-state index in [1.165, 1.54) is 11.5 Å². The summed E-state index contributed by atoms with van der Waals surface area (Å²) in [6, 6.07) is 5.59. The topological polar surface area (TPSA) is 52.1 Å². The van der Waals surface area contributed by atoms with Gasteiger partial charge in [-0.1, -0.05) is 4.49 Å². The Morgan fingerprint density at radius 2 is 2.17 bits per heavy atom. The molecule has 0 N–H and O–H groups in total. The summed E-state index contributed by atoms with van der Waals surface area (Å²) in [5.41, 5.74) is 1.75. The molecule has 1 unspecified atom stereocenters. The van der Waals surface area contributed by atoms with E-state index in [0.717, 1.165) is 21.0 Å². The first kappa shape index (κ1) is 11.8. The van der Waals surface area contributed by atoms with E-state index >= 15 is 0 Å². The number of aromatic nitrogens is 2. The van der Waals surface area contributed by atoms with Crippen molar-refractivity contribution in [1.82, 2.24) is 9.59 Å². The third kappa shape index (κ3) is 1.45. The molecule has 1 aromatic heterocycles. The molecule has 1 aromatic carbocycles. The lowest BCUT2D eigenvalue weighted by molar-refractivity contribution is 0.413. The fourth-order valence-electron chi connectivity index (χ4n) is 2.10. The second-order valence-corrected chi connectivity index (χ2v) is 7.34. The Hall–Kier alpha value is -1.27. The Balaban J connectivity index is 2.33. The van der Waals surface area contributed by atoms with Crippen molar-refractivity contribution >= 4 is 22.3 Å². The second kappa shape index (κ2) is 3.86. The summed E-state index contributed by atoms with van der Waals surface area (Å²) < 4.78 is 21.4. The van der Waals surface area contributed by atoms with Gasteiger partial charge < -0.3 is 4.74 Å². The van der Waals surface area contributed by atoms with Gasteiger partial charge in [0.2, 0.25) is 0 Å². The Morgan fingerprint density at radius 3 is 2.89 bits per heavy atom. The zero-order valence-corrected chi connectivity index (χ0v) is 11.9. The van der Waals surface area contributed by atoms with Gasteiger partial charge in [-0.25, -0.2) is 0 Å². The molecule has 94 valence electrons. The minimum atomic E-state index is -1.13. The second-order valence-electron chi connectivity index (χ2n) is 4.59. The smallest absolute Gasteiger partial charge is 0.120 e. The lowest BCUT2D eigenvalue weighted by Crippen LogP contribution is -2.27. The highest BCUT2D eigenvalue weighted by molar-refractivity contribution is 7.86. The van der Waals surface area contributed by atoms with Crippen molar-refractivity contribution in [1.29, 1.82) is 0 Å². The van der Waals surface area contributed by atoms with Gasteiger partial charge in [-0.3, -0.25) is 4.21 Å². The average molecular weight is 280 g/mol. The third-order valence-electron chi connectivity index (χ3n) is 3.14. The van der Waals surface area contributed by atoms with E-state index in [0.29, 0.717) is 5.75 Å². The summed E-state index contributed by atoms with van der Waals surface area (Å²) >= 11 is 1.32. The fraction of sp³-hybridized carbons (Fsp3) is 0.333. The first-order valence-corrected chi connectivity index (χ1v) is 7.41. The van der Waals surface area contributed by atoms with Crippen LogP contribution in [0.4, 0.5) is 0 Å². The monoisotopic (exact) mass is 280 g/mol. The van der Waals surface area contributed by atoms with Crippen molar-refractivity contribution in [3.05, 3.63) is 23.1 Å². The SMILES string of the molecule is COc1ccc2c(c1)S(=O)C(C)(C)c1snnc1-2. The number of ether oxygens (including phenoxy) is 1. The first-order chi connectivity index (χ1) is 8.55. The maximum absolute atomic E-state index is 12.7. The van der Waals surface area contributed by atoms with Crippen molar-refractivity contribution in [2.24, 2.45) is 0 Å². The summed E-state index contributed by atoms with van der Waals surface area (Å²) in [5, 5.41) is 4.18. The minimum Gasteiger partial charge on any atom is -0.497 e. The zero-order chi connectivity index (χ0) is 12.9. The van der Waals surface area contributed by atoms with Crippen molar-refractivity contribution in [3.8, 4) is 17.0 Å². The highest BCUT2D eigenvalue weighted by atomic mass is 32.2. The Labute approximate surface area is 112 Å². The van der Waals surface area contributed by atoms with Crippen molar-refractivity contribution < 1.29 is 8.95 Å². The molecule has 0 aliphatic carbocycles. The zero-order valence-electron chi connectivity index (χ0n) is 10.3. The van der Waals surface area contributed by atoms with E-state index in [2.05, 4.69) is 9.59 Å². The average Bonchev–Trinajstić information content (AvgIpc) is 2.86. The highest BCUT2D eigenvalue weighted by Crippen LogP contribution is 2.47. The molecule has 0 saturated carbocycles. The predicted molar refractivity (Wildman–Crippen MR) is 71.3 cm³/mol. The van der Waals surface area contributed by atoms with Gasteiger partial charge in [0.15, 0.2) is 0 Å². The van der Waals surface area contributed by atoms with E-state index in [4.69, 9.17) is 4.74 Å². The van der Waals surface area contributed by atoms with Crippen LogP contribution in [0.15, 0.2) is 23.1 Å². The van der Waals surface area contributed by atoms with E-state index < -0.39 is 15.5 Å². The van der Waals surface area contributed by atoms with Gasteiger partial charge in [0.05, 0.1) is 32.4 Å². The van der Waals surface area contributed by atoms with Gasteiger partial charge in [-0.15, -0.1) is 5.10 Å². The van der Waals surface area contributed by atoms with E-state index in [-0.39, 0.29) is 0 Å². The maximum Gasteiger partial charge on any atom is 0.120 e. The summed E-state index contributed by atoms with van der Waals surface area (Å²) in [6.07, 6.45) is 0. The van der Waals surface area contributed by atoms with Crippen LogP contribution < -0.4 is 4.74 Å². The molecule has 2 heterocycles. The molecule has 1 aliphatic rings. The van der Waals surface area contributed by atoms with Crippen LogP contribution in [0.5, 0.6) is 5.75 Å². The van der Waals surface area contributed by atoms with Crippen molar-refractivity contribution in [2.75, 3.05) is 7.11 Å². The van der Waals surface area contributed by atoms with Crippen LogP contribution in [0.25, 0.3) is 11.3 Å². The summed E-state index contributed by atoms with van der Waals surface area (Å²) in [4.78, 5) is 1.76.